The van der Waals surface area contributed by atoms with Crippen LogP contribution in [0.4, 0.5) is 3.89 Å². The molecule has 0 amide bonds. The number of halogens is 1. The van der Waals surface area contributed by atoms with E-state index in [1.54, 1.807) is 0 Å². The molecule has 0 N–H and O–H groups in total. The van der Waals surface area contributed by atoms with Gasteiger partial charge in [-0.15, -0.1) is 3.89 Å². The van der Waals surface area contributed by atoms with Crippen molar-refractivity contribution in [3.8, 4) is 5.75 Å². The number of carbonyl (C=O) groups is 1. The molecule has 0 bridgehead atoms. The maximum absolute atomic E-state index is 11.6. The van der Waals surface area contributed by atoms with Crippen LogP contribution >= 0.6 is 12.4 Å². The van der Waals surface area contributed by atoms with Crippen LogP contribution in [0.1, 0.15) is 10.4 Å². The second kappa shape index (κ2) is 4.71. The number of methoxy groups -OCH3 is 1. The van der Waals surface area contributed by atoms with Gasteiger partial charge >= 0.3 is 5.97 Å². The van der Waals surface area contributed by atoms with Crippen molar-refractivity contribution < 1.29 is 17.6 Å². The monoisotopic (exact) mass is 202 g/mol. The molecule has 1 rings (SSSR count). The first-order valence-corrected chi connectivity index (χ1v) is 4.05. The van der Waals surface area contributed by atoms with Crippen molar-refractivity contribution in [1.82, 2.24) is 0 Å². The fourth-order valence-corrected chi connectivity index (χ4v) is 0.985. The molecular weight excluding hydrogens is 195 g/mol. The lowest BCUT2D eigenvalue weighted by Gasteiger charge is -2.00. The lowest BCUT2D eigenvalue weighted by Crippen LogP contribution is -2.00. The van der Waals surface area contributed by atoms with E-state index in [1.165, 1.54) is 31.4 Å². The van der Waals surface area contributed by atoms with E-state index < -0.39 is 5.97 Å². The molecule has 0 aromatic heterocycles. The van der Waals surface area contributed by atoms with Crippen LogP contribution in [0, 0.1) is 0 Å². The molecule has 0 fully saturated rings. The highest BCUT2D eigenvalue weighted by atomic mass is 32.2. The van der Waals surface area contributed by atoms with E-state index in [0.29, 0.717) is 11.3 Å². The Hall–Kier alpha value is -1.23. The minimum atomic E-state index is -0.431. The molecule has 0 unspecified atom stereocenters. The Kier molecular flexibility index (Phi) is 3.57. The molecule has 0 radical (unpaired) electrons. The van der Waals surface area contributed by atoms with Gasteiger partial charge in [-0.2, -0.15) is 0 Å². The summed E-state index contributed by atoms with van der Waals surface area (Å²) in [7, 11) is 1.30. The van der Waals surface area contributed by atoms with Gasteiger partial charge in [-0.1, -0.05) is 0 Å². The molecule has 5 heteroatoms. The molecule has 70 valence electrons. The summed E-state index contributed by atoms with van der Waals surface area (Å²) in [5.41, 5.74) is 0.402. The molecule has 0 spiro atoms. The van der Waals surface area contributed by atoms with Crippen molar-refractivity contribution in [3.05, 3.63) is 29.8 Å². The summed E-state index contributed by atoms with van der Waals surface area (Å²) in [4.78, 5) is 10.9. The van der Waals surface area contributed by atoms with Crippen molar-refractivity contribution in [2.75, 3.05) is 7.11 Å². The molecule has 0 aliphatic rings. The van der Waals surface area contributed by atoms with Crippen LogP contribution in [0.25, 0.3) is 0 Å². The first kappa shape index (κ1) is 9.85. The smallest absolute Gasteiger partial charge is 0.337 e. The number of ether oxygens (including phenoxy) is 1. The van der Waals surface area contributed by atoms with Crippen LogP contribution in [-0.4, -0.2) is 13.1 Å². The summed E-state index contributed by atoms with van der Waals surface area (Å²) in [5, 5.41) is 0. The van der Waals surface area contributed by atoms with E-state index in [1.807, 2.05) is 0 Å². The van der Waals surface area contributed by atoms with E-state index in [9.17, 15) is 8.68 Å². The van der Waals surface area contributed by atoms with Crippen LogP contribution in [0.3, 0.4) is 0 Å². The topological polar surface area (TPSA) is 35.5 Å². The van der Waals surface area contributed by atoms with Crippen molar-refractivity contribution in [2.45, 2.75) is 0 Å². The third-order valence-corrected chi connectivity index (χ3v) is 1.66. The number of hydrogen-bond acceptors (Lipinski definition) is 4. The lowest BCUT2D eigenvalue weighted by molar-refractivity contribution is 0.0601. The lowest BCUT2D eigenvalue weighted by atomic mass is 10.2. The van der Waals surface area contributed by atoms with Crippen LogP contribution in [0.15, 0.2) is 24.3 Å². The van der Waals surface area contributed by atoms with E-state index >= 15 is 0 Å². The van der Waals surface area contributed by atoms with E-state index in [2.05, 4.69) is 8.92 Å². The Morgan fingerprint density at radius 3 is 2.46 bits per heavy atom. The van der Waals surface area contributed by atoms with Crippen LogP contribution in [0.5, 0.6) is 5.75 Å². The van der Waals surface area contributed by atoms with Gasteiger partial charge in [-0.05, 0) is 24.3 Å². The number of carbonyl (C=O) groups excluding carboxylic acids is 1. The zero-order chi connectivity index (χ0) is 9.68. The molecule has 0 aliphatic heterocycles. The zero-order valence-electron chi connectivity index (χ0n) is 6.82. The van der Waals surface area contributed by atoms with Gasteiger partial charge in [0.1, 0.15) is 5.75 Å². The molecule has 0 atom stereocenters. The maximum Gasteiger partial charge on any atom is 0.337 e. The third-order valence-electron chi connectivity index (χ3n) is 1.40. The summed E-state index contributed by atoms with van der Waals surface area (Å²) < 4.78 is 20.6. The van der Waals surface area contributed by atoms with Crippen molar-refractivity contribution in [1.29, 1.82) is 0 Å². The van der Waals surface area contributed by atoms with E-state index in [0.717, 1.165) is 0 Å². The van der Waals surface area contributed by atoms with Gasteiger partial charge in [0.25, 0.3) is 12.4 Å². The highest BCUT2D eigenvalue weighted by Crippen LogP contribution is 2.17. The molecule has 0 aliphatic carbocycles. The summed E-state index contributed by atoms with van der Waals surface area (Å²) >= 11 is -0.241. The molecule has 0 saturated carbocycles. The molecule has 1 aromatic rings. The fraction of sp³-hybridized carbons (Fsp3) is 0.125. The van der Waals surface area contributed by atoms with Crippen LogP contribution < -0.4 is 4.18 Å². The van der Waals surface area contributed by atoms with Crippen molar-refractivity contribution >= 4 is 18.4 Å². The summed E-state index contributed by atoms with van der Waals surface area (Å²) in [6, 6.07) is 5.96. The van der Waals surface area contributed by atoms with Crippen LogP contribution in [-0.2, 0) is 4.74 Å². The van der Waals surface area contributed by atoms with Gasteiger partial charge in [0.05, 0.1) is 12.7 Å². The first-order chi connectivity index (χ1) is 6.27. The number of rotatable bonds is 3. The van der Waals surface area contributed by atoms with Crippen LogP contribution in [0.2, 0.25) is 0 Å². The average molecular weight is 202 g/mol. The summed E-state index contributed by atoms with van der Waals surface area (Å²) in [6.07, 6.45) is 0. The quantitative estimate of drug-likeness (QED) is 0.557. The highest BCUT2D eigenvalue weighted by molar-refractivity contribution is 7.89. The average Bonchev–Trinajstić information content (AvgIpc) is 2.18. The first-order valence-electron chi connectivity index (χ1n) is 3.41. The largest absolute Gasteiger partial charge is 0.465 e. The predicted molar refractivity (Wildman–Crippen MR) is 47.1 cm³/mol. The molecule has 0 heterocycles. The van der Waals surface area contributed by atoms with Crippen molar-refractivity contribution in [2.24, 2.45) is 0 Å². The van der Waals surface area contributed by atoms with Gasteiger partial charge in [-0.3, -0.25) is 0 Å². The Morgan fingerprint density at radius 1 is 1.38 bits per heavy atom. The van der Waals surface area contributed by atoms with E-state index in [-0.39, 0.29) is 12.4 Å². The summed E-state index contributed by atoms with van der Waals surface area (Å²) in [5.74, 6) is -0.0837. The summed E-state index contributed by atoms with van der Waals surface area (Å²) in [6.45, 7) is 0. The Bertz CT molecular complexity index is 286. The SMILES string of the molecule is COC(=O)c1ccc(OSF)cc1. The molecular formula is C8H7FO3S. The standard InChI is InChI=1S/C8H7FO3S/c1-11-8(10)6-2-4-7(5-3-6)12-13-9/h2-5H,1H3. The number of benzene rings is 1. The second-order valence-electron chi connectivity index (χ2n) is 2.16. The Balaban J connectivity index is 2.75. The van der Waals surface area contributed by atoms with Gasteiger partial charge < -0.3 is 8.92 Å². The fourth-order valence-electron chi connectivity index (χ4n) is 0.801. The van der Waals surface area contributed by atoms with Crippen molar-refractivity contribution in [3.63, 3.8) is 0 Å². The normalized spacial score (nSPS) is 9.38. The zero-order valence-corrected chi connectivity index (χ0v) is 7.64. The number of hydrogen-bond donors (Lipinski definition) is 0. The maximum atomic E-state index is 11.6. The van der Waals surface area contributed by atoms with E-state index in [4.69, 9.17) is 0 Å². The molecule has 13 heavy (non-hydrogen) atoms. The Labute approximate surface area is 79.3 Å². The van der Waals surface area contributed by atoms with Gasteiger partial charge in [0.2, 0.25) is 0 Å². The number of esters is 1. The molecule has 1 aromatic carbocycles. The Morgan fingerprint density at radius 2 is 2.00 bits per heavy atom. The minimum absolute atomic E-state index is 0.241. The van der Waals surface area contributed by atoms with Gasteiger partial charge in [0, 0.05) is 0 Å². The van der Waals surface area contributed by atoms with Gasteiger partial charge in [0.15, 0.2) is 0 Å². The third kappa shape index (κ3) is 2.62. The molecule has 3 nitrogen and oxygen atoms in total. The minimum Gasteiger partial charge on any atom is -0.465 e. The second-order valence-corrected chi connectivity index (χ2v) is 2.45. The van der Waals surface area contributed by atoms with Gasteiger partial charge in [-0.25, -0.2) is 4.79 Å². The predicted octanol–water partition coefficient (Wildman–Crippen LogP) is 2.38. The highest BCUT2D eigenvalue weighted by Gasteiger charge is 2.04. The molecule has 0 saturated heterocycles.